The molecule has 0 aromatic carbocycles. The van der Waals surface area contributed by atoms with Gasteiger partial charge in [0.25, 0.3) is 5.91 Å². The van der Waals surface area contributed by atoms with E-state index in [1.807, 2.05) is 31.9 Å². The smallest absolute Gasteiger partial charge is 0.255 e. The number of pyridine rings is 1. The van der Waals surface area contributed by atoms with E-state index < -0.39 is 0 Å². The lowest BCUT2D eigenvalue weighted by Crippen LogP contribution is -2.29. The standard InChI is InChI=1S/C19H23N5O2S/c1-13-17(27-12-22-13)3-6-23(2)19(25)14-9-16-18(20-10-14)24(11-21-16)15-4-7-26-8-5-15/h9-12,15H,3-8H2,1-2H3. The lowest BCUT2D eigenvalue weighted by atomic mass is 10.1. The van der Waals surface area contributed by atoms with Gasteiger partial charge in [-0.2, -0.15) is 0 Å². The molecule has 1 amide bonds. The molecule has 1 saturated heterocycles. The average Bonchev–Trinajstić information content (AvgIpc) is 3.31. The Kier molecular flexibility index (Phi) is 5.18. The Hall–Kier alpha value is -2.32. The molecule has 0 bridgehead atoms. The van der Waals surface area contributed by atoms with Crippen molar-refractivity contribution >= 4 is 28.4 Å². The summed E-state index contributed by atoms with van der Waals surface area (Å²) < 4.78 is 7.55. The number of amides is 1. The third kappa shape index (κ3) is 3.72. The van der Waals surface area contributed by atoms with Gasteiger partial charge in [0.05, 0.1) is 23.1 Å². The second-order valence-electron chi connectivity index (χ2n) is 6.90. The number of ether oxygens (including phenoxy) is 1. The van der Waals surface area contributed by atoms with Crippen LogP contribution in [-0.4, -0.2) is 57.1 Å². The van der Waals surface area contributed by atoms with Gasteiger partial charge in [0.1, 0.15) is 5.52 Å². The third-order valence-electron chi connectivity index (χ3n) is 5.11. The van der Waals surface area contributed by atoms with Gasteiger partial charge >= 0.3 is 0 Å². The number of carbonyl (C=O) groups excluding carboxylic acids is 1. The number of carbonyl (C=O) groups is 1. The molecule has 0 atom stereocenters. The van der Waals surface area contributed by atoms with E-state index in [2.05, 4.69) is 19.5 Å². The third-order valence-corrected chi connectivity index (χ3v) is 6.10. The summed E-state index contributed by atoms with van der Waals surface area (Å²) in [7, 11) is 1.82. The summed E-state index contributed by atoms with van der Waals surface area (Å²) >= 11 is 1.63. The van der Waals surface area contributed by atoms with Gasteiger partial charge in [0, 0.05) is 50.3 Å². The highest BCUT2D eigenvalue weighted by atomic mass is 32.1. The number of likely N-dealkylation sites (N-methyl/N-ethyl adjacent to an activating group) is 1. The molecule has 0 spiro atoms. The van der Waals surface area contributed by atoms with Crippen molar-refractivity contribution in [3.05, 3.63) is 40.2 Å². The molecular weight excluding hydrogens is 362 g/mol. The molecule has 0 unspecified atom stereocenters. The molecule has 4 rings (SSSR count). The maximum atomic E-state index is 12.8. The molecule has 0 aliphatic carbocycles. The summed E-state index contributed by atoms with van der Waals surface area (Å²) in [5.74, 6) is -0.0350. The lowest BCUT2D eigenvalue weighted by molar-refractivity contribution is 0.0704. The largest absolute Gasteiger partial charge is 0.381 e. The van der Waals surface area contributed by atoms with Gasteiger partial charge in [-0.3, -0.25) is 4.79 Å². The summed E-state index contributed by atoms with van der Waals surface area (Å²) in [4.78, 5) is 29.0. The zero-order chi connectivity index (χ0) is 18.8. The Labute approximate surface area is 162 Å². The number of imidazole rings is 1. The molecule has 1 aliphatic heterocycles. The predicted octanol–water partition coefficient (Wildman–Crippen LogP) is 2.86. The van der Waals surface area contributed by atoms with Crippen molar-refractivity contribution in [2.75, 3.05) is 26.8 Å². The Morgan fingerprint density at radius 3 is 2.89 bits per heavy atom. The number of aryl methyl sites for hydroxylation is 1. The minimum Gasteiger partial charge on any atom is -0.381 e. The molecule has 0 radical (unpaired) electrons. The predicted molar refractivity (Wildman–Crippen MR) is 104 cm³/mol. The van der Waals surface area contributed by atoms with E-state index in [-0.39, 0.29) is 5.91 Å². The summed E-state index contributed by atoms with van der Waals surface area (Å²) in [6.45, 7) is 4.19. The van der Waals surface area contributed by atoms with Crippen molar-refractivity contribution in [1.82, 2.24) is 24.4 Å². The highest BCUT2D eigenvalue weighted by Gasteiger charge is 2.20. The van der Waals surface area contributed by atoms with Gasteiger partial charge in [0.2, 0.25) is 0 Å². The Bertz CT molecular complexity index is 945. The molecule has 1 aliphatic rings. The first-order chi connectivity index (χ1) is 13.1. The fourth-order valence-corrected chi connectivity index (χ4v) is 4.19. The van der Waals surface area contributed by atoms with Crippen LogP contribution in [0.2, 0.25) is 0 Å². The highest BCUT2D eigenvalue weighted by molar-refractivity contribution is 7.09. The molecule has 8 heteroatoms. The van der Waals surface area contributed by atoms with Crippen LogP contribution in [0.4, 0.5) is 0 Å². The van der Waals surface area contributed by atoms with E-state index >= 15 is 0 Å². The first kappa shape index (κ1) is 18.1. The van der Waals surface area contributed by atoms with E-state index in [0.717, 1.165) is 49.3 Å². The number of hydrogen-bond donors (Lipinski definition) is 0. The molecule has 142 valence electrons. The van der Waals surface area contributed by atoms with Crippen LogP contribution in [-0.2, 0) is 11.2 Å². The highest BCUT2D eigenvalue weighted by Crippen LogP contribution is 2.25. The second kappa shape index (κ2) is 7.74. The van der Waals surface area contributed by atoms with E-state index in [9.17, 15) is 4.79 Å². The van der Waals surface area contributed by atoms with Crippen LogP contribution in [0.25, 0.3) is 11.2 Å². The fourth-order valence-electron chi connectivity index (χ4n) is 3.42. The Balaban J connectivity index is 1.48. The van der Waals surface area contributed by atoms with Gasteiger partial charge < -0.3 is 14.2 Å². The van der Waals surface area contributed by atoms with E-state index in [1.54, 1.807) is 22.4 Å². The average molecular weight is 385 g/mol. The molecule has 1 fully saturated rings. The SMILES string of the molecule is Cc1ncsc1CCN(C)C(=O)c1cnc2c(c1)ncn2C1CCOCC1. The number of fused-ring (bicyclic) bond motifs is 1. The molecule has 3 aromatic rings. The lowest BCUT2D eigenvalue weighted by Gasteiger charge is -2.23. The molecule has 0 saturated carbocycles. The van der Waals surface area contributed by atoms with Crippen LogP contribution < -0.4 is 0 Å². The van der Waals surface area contributed by atoms with E-state index in [1.165, 1.54) is 4.88 Å². The number of rotatable bonds is 5. The van der Waals surface area contributed by atoms with Gasteiger partial charge in [-0.1, -0.05) is 0 Å². The van der Waals surface area contributed by atoms with Crippen LogP contribution in [0, 0.1) is 6.92 Å². The van der Waals surface area contributed by atoms with Crippen LogP contribution in [0.15, 0.2) is 24.1 Å². The molecule has 7 nitrogen and oxygen atoms in total. The van der Waals surface area contributed by atoms with Crippen LogP contribution in [0.1, 0.15) is 39.8 Å². The van der Waals surface area contributed by atoms with Crippen LogP contribution >= 0.6 is 11.3 Å². The quantitative estimate of drug-likeness (QED) is 0.675. The minimum atomic E-state index is -0.0350. The summed E-state index contributed by atoms with van der Waals surface area (Å²) in [6, 6.07) is 2.21. The molecular formula is C19H23N5O2S. The maximum absolute atomic E-state index is 12.8. The Morgan fingerprint density at radius 2 is 2.15 bits per heavy atom. The zero-order valence-electron chi connectivity index (χ0n) is 15.6. The number of thiazole rings is 1. The zero-order valence-corrected chi connectivity index (χ0v) is 16.4. The number of nitrogens with zero attached hydrogens (tertiary/aromatic N) is 5. The first-order valence-corrected chi connectivity index (χ1v) is 10.1. The maximum Gasteiger partial charge on any atom is 0.255 e. The van der Waals surface area contributed by atoms with Crippen molar-refractivity contribution in [3.63, 3.8) is 0 Å². The van der Waals surface area contributed by atoms with Crippen molar-refractivity contribution in [2.45, 2.75) is 32.2 Å². The van der Waals surface area contributed by atoms with Gasteiger partial charge in [-0.25, -0.2) is 15.0 Å². The van der Waals surface area contributed by atoms with Crippen molar-refractivity contribution in [2.24, 2.45) is 0 Å². The van der Waals surface area contributed by atoms with Crippen molar-refractivity contribution < 1.29 is 9.53 Å². The number of aromatic nitrogens is 4. The van der Waals surface area contributed by atoms with Crippen LogP contribution in [0.5, 0.6) is 0 Å². The molecule has 3 aromatic heterocycles. The second-order valence-corrected chi connectivity index (χ2v) is 7.84. The Morgan fingerprint density at radius 1 is 1.33 bits per heavy atom. The van der Waals surface area contributed by atoms with Gasteiger partial charge in [-0.05, 0) is 25.8 Å². The fraction of sp³-hybridized carbons (Fsp3) is 0.474. The summed E-state index contributed by atoms with van der Waals surface area (Å²) in [5.41, 5.74) is 5.06. The monoisotopic (exact) mass is 385 g/mol. The first-order valence-electron chi connectivity index (χ1n) is 9.18. The molecule has 27 heavy (non-hydrogen) atoms. The van der Waals surface area contributed by atoms with Crippen LogP contribution in [0.3, 0.4) is 0 Å². The topological polar surface area (TPSA) is 73.1 Å². The van der Waals surface area contributed by atoms with E-state index in [0.29, 0.717) is 18.2 Å². The normalized spacial score (nSPS) is 15.3. The van der Waals surface area contributed by atoms with Crippen molar-refractivity contribution in [1.29, 1.82) is 0 Å². The van der Waals surface area contributed by atoms with Gasteiger partial charge in [0.15, 0.2) is 5.65 Å². The van der Waals surface area contributed by atoms with E-state index in [4.69, 9.17) is 4.74 Å². The van der Waals surface area contributed by atoms with Crippen molar-refractivity contribution in [3.8, 4) is 0 Å². The number of hydrogen-bond acceptors (Lipinski definition) is 6. The molecule has 0 N–H and O–H groups in total. The summed E-state index contributed by atoms with van der Waals surface area (Å²) in [6.07, 6.45) is 6.24. The minimum absolute atomic E-state index is 0.0350. The van der Waals surface area contributed by atoms with Gasteiger partial charge in [-0.15, -0.1) is 11.3 Å². The summed E-state index contributed by atoms with van der Waals surface area (Å²) in [5, 5.41) is 0. The molecule has 4 heterocycles.